The van der Waals surface area contributed by atoms with Crippen LogP contribution in [0.2, 0.25) is 0 Å². The normalized spacial score (nSPS) is 23.1. The standard InChI is InChI=1S/C14H17NO7/c1-4-7-20-13(19)14(22-12(18)6-3)9(8-10(16)15-14)21-11(17)5-2/h5-6,9H,2-4,7-8H2,1H3,(H,15,16)/t9?,14-/m1/s1. The molecule has 1 amide bonds. The fraction of sp³-hybridized carbons (Fsp3) is 0.429. The van der Waals surface area contributed by atoms with E-state index in [4.69, 9.17) is 14.2 Å². The first-order chi connectivity index (χ1) is 10.4. The van der Waals surface area contributed by atoms with Gasteiger partial charge in [-0.1, -0.05) is 20.1 Å². The van der Waals surface area contributed by atoms with Crippen LogP contribution in [-0.2, 0) is 33.4 Å². The lowest BCUT2D eigenvalue weighted by atomic mass is 10.1. The molecule has 0 aromatic carbocycles. The number of carbonyl (C=O) groups is 4. The first-order valence-corrected chi connectivity index (χ1v) is 6.56. The number of amides is 1. The molecule has 1 aliphatic heterocycles. The third kappa shape index (κ3) is 3.72. The molecule has 0 aliphatic carbocycles. The van der Waals surface area contributed by atoms with E-state index in [-0.39, 0.29) is 13.0 Å². The SMILES string of the molecule is C=CC(=O)OC1CC(=O)N[C@]1(OC(=O)C=C)C(=O)OCCC. The second-order valence-corrected chi connectivity index (χ2v) is 4.38. The summed E-state index contributed by atoms with van der Waals surface area (Å²) in [4.78, 5) is 46.7. The Bertz CT molecular complexity index is 513. The van der Waals surface area contributed by atoms with Crippen molar-refractivity contribution in [2.45, 2.75) is 31.6 Å². The van der Waals surface area contributed by atoms with Gasteiger partial charge in [0, 0.05) is 12.2 Å². The van der Waals surface area contributed by atoms with Gasteiger partial charge < -0.3 is 19.5 Å². The zero-order chi connectivity index (χ0) is 16.8. The number of hydrogen-bond donors (Lipinski definition) is 1. The van der Waals surface area contributed by atoms with Crippen molar-refractivity contribution in [3.8, 4) is 0 Å². The Hall–Kier alpha value is -2.64. The van der Waals surface area contributed by atoms with Crippen LogP contribution < -0.4 is 5.32 Å². The summed E-state index contributed by atoms with van der Waals surface area (Å²) in [7, 11) is 0. The van der Waals surface area contributed by atoms with Crippen LogP contribution in [0, 0.1) is 0 Å². The van der Waals surface area contributed by atoms with E-state index in [1.807, 2.05) is 0 Å². The number of rotatable bonds is 7. The van der Waals surface area contributed by atoms with Crippen LogP contribution in [0.15, 0.2) is 25.3 Å². The zero-order valence-corrected chi connectivity index (χ0v) is 12.1. The van der Waals surface area contributed by atoms with Crippen LogP contribution in [0.3, 0.4) is 0 Å². The molecule has 120 valence electrons. The third-order valence-electron chi connectivity index (χ3n) is 2.74. The Morgan fingerprint density at radius 1 is 1.32 bits per heavy atom. The predicted molar refractivity (Wildman–Crippen MR) is 73.1 cm³/mol. The molecule has 1 rings (SSSR count). The minimum atomic E-state index is -2.23. The highest BCUT2D eigenvalue weighted by atomic mass is 16.6. The van der Waals surface area contributed by atoms with E-state index in [1.54, 1.807) is 6.92 Å². The van der Waals surface area contributed by atoms with Crippen LogP contribution in [0.25, 0.3) is 0 Å². The van der Waals surface area contributed by atoms with Crippen molar-refractivity contribution in [2.24, 2.45) is 0 Å². The van der Waals surface area contributed by atoms with E-state index in [0.717, 1.165) is 12.2 Å². The molecule has 0 bridgehead atoms. The first kappa shape index (κ1) is 17.4. The fourth-order valence-electron chi connectivity index (χ4n) is 1.78. The molecule has 0 saturated carbocycles. The van der Waals surface area contributed by atoms with Gasteiger partial charge >= 0.3 is 23.6 Å². The van der Waals surface area contributed by atoms with Gasteiger partial charge in [-0.25, -0.2) is 14.4 Å². The van der Waals surface area contributed by atoms with Crippen molar-refractivity contribution >= 4 is 23.8 Å². The van der Waals surface area contributed by atoms with Gasteiger partial charge in [-0.3, -0.25) is 4.79 Å². The Labute approximate surface area is 127 Å². The topological polar surface area (TPSA) is 108 Å². The van der Waals surface area contributed by atoms with Crippen LogP contribution in [0.4, 0.5) is 0 Å². The smallest absolute Gasteiger partial charge is 0.376 e. The lowest BCUT2D eigenvalue weighted by Crippen LogP contribution is -2.60. The van der Waals surface area contributed by atoms with Gasteiger partial charge in [0.2, 0.25) is 5.91 Å². The maximum atomic E-state index is 12.2. The van der Waals surface area contributed by atoms with E-state index >= 15 is 0 Å². The minimum absolute atomic E-state index is 0.0459. The minimum Gasteiger partial charge on any atom is -0.461 e. The van der Waals surface area contributed by atoms with Crippen LogP contribution in [-0.4, -0.2) is 42.3 Å². The highest BCUT2D eigenvalue weighted by molar-refractivity contribution is 5.95. The Balaban J connectivity index is 3.13. The maximum Gasteiger partial charge on any atom is 0.376 e. The average molecular weight is 311 g/mol. The molecule has 1 saturated heterocycles. The van der Waals surface area contributed by atoms with E-state index < -0.39 is 35.6 Å². The van der Waals surface area contributed by atoms with Crippen molar-refractivity contribution < 1.29 is 33.4 Å². The number of nitrogens with one attached hydrogen (secondary N) is 1. The van der Waals surface area contributed by atoms with Crippen LogP contribution in [0.1, 0.15) is 19.8 Å². The molecule has 22 heavy (non-hydrogen) atoms. The zero-order valence-electron chi connectivity index (χ0n) is 12.1. The van der Waals surface area contributed by atoms with Crippen molar-refractivity contribution in [1.29, 1.82) is 0 Å². The van der Waals surface area contributed by atoms with Gasteiger partial charge in [0.1, 0.15) is 0 Å². The molecule has 8 nitrogen and oxygen atoms in total. The fourth-order valence-corrected chi connectivity index (χ4v) is 1.78. The summed E-state index contributed by atoms with van der Waals surface area (Å²) >= 11 is 0. The number of ether oxygens (including phenoxy) is 3. The summed E-state index contributed by atoms with van der Waals surface area (Å²) in [5.74, 6) is -3.51. The lowest BCUT2D eigenvalue weighted by Gasteiger charge is -2.30. The molecule has 0 spiro atoms. The molecule has 1 aliphatic rings. The quantitative estimate of drug-likeness (QED) is 0.400. The monoisotopic (exact) mass is 311 g/mol. The number of carbonyl (C=O) groups excluding carboxylic acids is 4. The average Bonchev–Trinajstić information content (AvgIpc) is 2.80. The van der Waals surface area contributed by atoms with Gasteiger partial charge in [-0.2, -0.15) is 0 Å². The molecule has 1 fully saturated rings. The van der Waals surface area contributed by atoms with Gasteiger partial charge in [0.05, 0.1) is 13.0 Å². The number of hydrogen-bond acceptors (Lipinski definition) is 7. The molecule has 2 atom stereocenters. The summed E-state index contributed by atoms with van der Waals surface area (Å²) in [6.07, 6.45) is 0.471. The van der Waals surface area contributed by atoms with Gasteiger partial charge in [-0.15, -0.1) is 0 Å². The molecule has 1 N–H and O–H groups in total. The summed E-state index contributed by atoms with van der Waals surface area (Å²) in [6, 6.07) is 0. The van der Waals surface area contributed by atoms with Gasteiger partial charge in [-0.05, 0) is 6.42 Å². The van der Waals surface area contributed by atoms with Crippen LogP contribution in [0.5, 0.6) is 0 Å². The maximum absolute atomic E-state index is 12.2. The van der Waals surface area contributed by atoms with E-state index in [2.05, 4.69) is 18.5 Å². The molecular weight excluding hydrogens is 294 g/mol. The predicted octanol–water partition coefficient (Wildman–Crippen LogP) is -0.0172. The molecular formula is C14H17NO7. The summed E-state index contributed by atoms with van der Waals surface area (Å²) in [5.41, 5.74) is -2.23. The lowest BCUT2D eigenvalue weighted by molar-refractivity contribution is -0.199. The van der Waals surface area contributed by atoms with Gasteiger partial charge in [0.15, 0.2) is 6.10 Å². The Morgan fingerprint density at radius 3 is 2.50 bits per heavy atom. The van der Waals surface area contributed by atoms with E-state index in [1.165, 1.54) is 0 Å². The molecule has 1 heterocycles. The van der Waals surface area contributed by atoms with E-state index in [0.29, 0.717) is 6.42 Å². The summed E-state index contributed by atoms with van der Waals surface area (Å²) < 4.78 is 14.8. The highest BCUT2D eigenvalue weighted by Gasteiger charge is 2.59. The Morgan fingerprint density at radius 2 is 1.95 bits per heavy atom. The first-order valence-electron chi connectivity index (χ1n) is 6.56. The molecule has 0 aromatic heterocycles. The number of esters is 3. The van der Waals surface area contributed by atoms with Crippen molar-refractivity contribution in [3.05, 3.63) is 25.3 Å². The van der Waals surface area contributed by atoms with Gasteiger partial charge in [0.25, 0.3) is 0 Å². The highest BCUT2D eigenvalue weighted by Crippen LogP contribution is 2.28. The third-order valence-corrected chi connectivity index (χ3v) is 2.74. The van der Waals surface area contributed by atoms with Crippen molar-refractivity contribution in [1.82, 2.24) is 5.32 Å². The second kappa shape index (κ2) is 7.39. The largest absolute Gasteiger partial charge is 0.461 e. The molecule has 0 aromatic rings. The second-order valence-electron chi connectivity index (χ2n) is 4.38. The summed E-state index contributed by atoms with van der Waals surface area (Å²) in [6.45, 7) is 8.24. The molecule has 0 radical (unpaired) electrons. The van der Waals surface area contributed by atoms with Crippen molar-refractivity contribution in [2.75, 3.05) is 6.61 Å². The summed E-state index contributed by atoms with van der Waals surface area (Å²) in [5, 5.41) is 2.20. The van der Waals surface area contributed by atoms with Crippen LogP contribution >= 0.6 is 0 Å². The van der Waals surface area contributed by atoms with Crippen molar-refractivity contribution in [3.63, 3.8) is 0 Å². The molecule has 1 unspecified atom stereocenters. The van der Waals surface area contributed by atoms with E-state index in [9.17, 15) is 19.2 Å². The molecule has 8 heteroatoms. The Kier molecular flexibility index (Phi) is 5.85.